The third-order valence-electron chi connectivity index (χ3n) is 2.76. The normalized spacial score (nSPS) is 14.2. The minimum absolute atomic E-state index is 0.368. The highest BCUT2D eigenvalue weighted by molar-refractivity contribution is 5.82. The van der Waals surface area contributed by atoms with Crippen molar-refractivity contribution in [3.05, 3.63) is 35.9 Å². The van der Waals surface area contributed by atoms with Crippen molar-refractivity contribution in [1.82, 2.24) is 0 Å². The summed E-state index contributed by atoms with van der Waals surface area (Å²) >= 11 is 0. The van der Waals surface area contributed by atoms with Gasteiger partial charge in [-0.25, -0.2) is 4.79 Å². The van der Waals surface area contributed by atoms with Crippen molar-refractivity contribution in [2.45, 2.75) is 31.7 Å². The largest absolute Gasteiger partial charge is 0.467 e. The maximum atomic E-state index is 11.8. The number of rotatable bonds is 5. The Balaban J connectivity index is 2.99. The number of benzene rings is 1. The maximum Gasteiger partial charge on any atom is 0.330 e. The maximum absolute atomic E-state index is 11.8. The Kier molecular flexibility index (Phi) is 4.50. The van der Waals surface area contributed by atoms with Crippen molar-refractivity contribution in [3.63, 3.8) is 0 Å². The molecule has 0 aliphatic carbocycles. The second-order valence-electron chi connectivity index (χ2n) is 3.93. The van der Waals surface area contributed by atoms with E-state index >= 15 is 0 Å². The summed E-state index contributed by atoms with van der Waals surface area (Å²) in [5, 5.41) is 0. The molecule has 0 fully saturated rings. The molecule has 2 N–H and O–H groups in total. The van der Waals surface area contributed by atoms with Gasteiger partial charge in [-0.1, -0.05) is 50.1 Å². The van der Waals surface area contributed by atoms with Crippen LogP contribution in [-0.4, -0.2) is 13.1 Å². The van der Waals surface area contributed by atoms with Gasteiger partial charge in [-0.3, -0.25) is 0 Å². The Labute approximate surface area is 96.6 Å². The summed E-state index contributed by atoms with van der Waals surface area (Å²) in [6.07, 6.45) is 2.52. The molecule has 1 atom stereocenters. The van der Waals surface area contributed by atoms with Gasteiger partial charge in [0.1, 0.15) is 5.54 Å². The molecule has 3 nitrogen and oxygen atoms in total. The molecule has 0 heterocycles. The predicted molar refractivity (Wildman–Crippen MR) is 63.8 cm³/mol. The summed E-state index contributed by atoms with van der Waals surface area (Å²) in [7, 11) is 1.37. The first-order valence-corrected chi connectivity index (χ1v) is 5.58. The van der Waals surface area contributed by atoms with E-state index in [1.165, 1.54) is 7.11 Å². The highest BCUT2D eigenvalue weighted by atomic mass is 16.5. The molecular formula is C13H19NO2. The molecule has 1 rings (SSSR count). The number of unbranched alkanes of at least 4 members (excludes halogenated alkanes) is 1. The summed E-state index contributed by atoms with van der Waals surface area (Å²) < 4.78 is 4.80. The van der Waals surface area contributed by atoms with Gasteiger partial charge in [0.2, 0.25) is 0 Å². The molecule has 1 aromatic rings. The van der Waals surface area contributed by atoms with Crippen molar-refractivity contribution < 1.29 is 9.53 Å². The zero-order valence-electron chi connectivity index (χ0n) is 9.90. The SMILES string of the molecule is CCCC[C@](N)(C(=O)OC)c1ccccc1. The number of esters is 1. The molecule has 0 spiro atoms. The number of methoxy groups -OCH3 is 1. The van der Waals surface area contributed by atoms with Gasteiger partial charge in [0.15, 0.2) is 0 Å². The smallest absolute Gasteiger partial charge is 0.330 e. The third-order valence-corrected chi connectivity index (χ3v) is 2.76. The van der Waals surface area contributed by atoms with Gasteiger partial charge in [-0.2, -0.15) is 0 Å². The van der Waals surface area contributed by atoms with Crippen LogP contribution < -0.4 is 5.73 Å². The van der Waals surface area contributed by atoms with Gasteiger partial charge in [0.05, 0.1) is 7.11 Å². The summed E-state index contributed by atoms with van der Waals surface area (Å²) in [5.41, 5.74) is 5.99. The fourth-order valence-corrected chi connectivity index (χ4v) is 1.74. The predicted octanol–water partition coefficient (Wildman–Crippen LogP) is 2.20. The molecule has 0 saturated heterocycles. The van der Waals surface area contributed by atoms with Crippen LogP contribution in [0.5, 0.6) is 0 Å². The van der Waals surface area contributed by atoms with Crippen LogP contribution in [0.1, 0.15) is 31.7 Å². The molecule has 16 heavy (non-hydrogen) atoms. The Hall–Kier alpha value is -1.35. The average molecular weight is 221 g/mol. The van der Waals surface area contributed by atoms with Crippen molar-refractivity contribution >= 4 is 5.97 Å². The number of hydrogen-bond acceptors (Lipinski definition) is 3. The van der Waals surface area contributed by atoms with Crippen molar-refractivity contribution in [3.8, 4) is 0 Å². The highest BCUT2D eigenvalue weighted by Crippen LogP contribution is 2.25. The van der Waals surface area contributed by atoms with Crippen LogP contribution >= 0.6 is 0 Å². The van der Waals surface area contributed by atoms with Gasteiger partial charge in [-0.15, -0.1) is 0 Å². The van der Waals surface area contributed by atoms with E-state index in [9.17, 15) is 4.79 Å². The summed E-state index contributed by atoms with van der Waals surface area (Å²) in [5.74, 6) is -0.368. The lowest BCUT2D eigenvalue weighted by molar-refractivity contribution is -0.147. The van der Waals surface area contributed by atoms with Crippen LogP contribution in [0.25, 0.3) is 0 Å². The number of carbonyl (C=O) groups is 1. The molecule has 0 aliphatic heterocycles. The molecule has 0 amide bonds. The standard InChI is InChI=1S/C13H19NO2/c1-3-4-10-13(14,12(15)16-2)11-8-6-5-7-9-11/h5-9H,3-4,10,14H2,1-2H3/t13-/m1/s1. The summed E-state index contributed by atoms with van der Waals surface area (Å²) in [6.45, 7) is 2.07. The molecule has 3 heteroatoms. The molecule has 1 aromatic carbocycles. The zero-order chi connectivity index (χ0) is 12.0. The van der Waals surface area contributed by atoms with Gasteiger partial charge >= 0.3 is 5.97 Å². The van der Waals surface area contributed by atoms with Crippen LogP contribution in [0.2, 0.25) is 0 Å². The summed E-state index contributed by atoms with van der Waals surface area (Å²) in [4.78, 5) is 11.8. The molecular weight excluding hydrogens is 202 g/mol. The van der Waals surface area contributed by atoms with Crippen molar-refractivity contribution in [2.75, 3.05) is 7.11 Å². The van der Waals surface area contributed by atoms with Crippen molar-refractivity contribution in [2.24, 2.45) is 5.73 Å². The number of carbonyl (C=O) groups excluding carboxylic acids is 1. The molecule has 0 unspecified atom stereocenters. The number of hydrogen-bond donors (Lipinski definition) is 1. The van der Waals surface area contributed by atoms with E-state index in [1.807, 2.05) is 30.3 Å². The van der Waals surface area contributed by atoms with Gasteiger partial charge in [0, 0.05) is 0 Å². The molecule has 0 aromatic heterocycles. The Morgan fingerprint density at radius 3 is 2.50 bits per heavy atom. The first-order valence-electron chi connectivity index (χ1n) is 5.58. The average Bonchev–Trinajstić information content (AvgIpc) is 2.36. The van der Waals surface area contributed by atoms with Gasteiger partial charge < -0.3 is 10.5 Å². The second kappa shape index (κ2) is 5.66. The Bertz CT molecular complexity index is 337. The first-order chi connectivity index (χ1) is 7.65. The highest BCUT2D eigenvalue weighted by Gasteiger charge is 2.36. The van der Waals surface area contributed by atoms with Crippen LogP contribution in [0.3, 0.4) is 0 Å². The van der Waals surface area contributed by atoms with E-state index in [0.29, 0.717) is 6.42 Å². The fraction of sp³-hybridized carbons (Fsp3) is 0.462. The van der Waals surface area contributed by atoms with Gasteiger partial charge in [0.25, 0.3) is 0 Å². The minimum Gasteiger partial charge on any atom is -0.467 e. The lowest BCUT2D eigenvalue weighted by Crippen LogP contribution is -2.45. The lowest BCUT2D eigenvalue weighted by Gasteiger charge is -2.26. The minimum atomic E-state index is -1.01. The monoisotopic (exact) mass is 221 g/mol. The van der Waals surface area contributed by atoms with E-state index in [1.54, 1.807) is 0 Å². The topological polar surface area (TPSA) is 52.3 Å². The quantitative estimate of drug-likeness (QED) is 0.775. The molecule has 0 bridgehead atoms. The Morgan fingerprint density at radius 2 is 2.00 bits per heavy atom. The Morgan fingerprint density at radius 1 is 1.38 bits per heavy atom. The number of nitrogens with two attached hydrogens (primary N) is 1. The van der Waals surface area contributed by atoms with E-state index in [0.717, 1.165) is 18.4 Å². The van der Waals surface area contributed by atoms with E-state index < -0.39 is 5.54 Å². The van der Waals surface area contributed by atoms with Crippen LogP contribution in [-0.2, 0) is 15.1 Å². The van der Waals surface area contributed by atoms with E-state index in [-0.39, 0.29) is 5.97 Å². The van der Waals surface area contributed by atoms with Crippen LogP contribution in [0.15, 0.2) is 30.3 Å². The van der Waals surface area contributed by atoms with Crippen LogP contribution in [0.4, 0.5) is 0 Å². The van der Waals surface area contributed by atoms with E-state index in [2.05, 4.69) is 6.92 Å². The fourth-order valence-electron chi connectivity index (χ4n) is 1.74. The molecule has 0 aliphatic rings. The van der Waals surface area contributed by atoms with E-state index in [4.69, 9.17) is 10.5 Å². The van der Waals surface area contributed by atoms with Crippen molar-refractivity contribution in [1.29, 1.82) is 0 Å². The summed E-state index contributed by atoms with van der Waals surface area (Å²) in [6, 6.07) is 9.40. The second-order valence-corrected chi connectivity index (χ2v) is 3.93. The lowest BCUT2D eigenvalue weighted by atomic mass is 9.86. The third kappa shape index (κ3) is 2.61. The number of ether oxygens (including phenoxy) is 1. The molecule has 0 radical (unpaired) electrons. The van der Waals surface area contributed by atoms with Crippen LogP contribution in [0, 0.1) is 0 Å². The molecule has 88 valence electrons. The molecule has 0 saturated carbocycles. The first kappa shape index (κ1) is 12.7. The zero-order valence-corrected chi connectivity index (χ0v) is 9.90. The van der Waals surface area contributed by atoms with Gasteiger partial charge in [-0.05, 0) is 12.0 Å².